The zero-order valence-electron chi connectivity index (χ0n) is 11.4. The second kappa shape index (κ2) is 5.08. The summed E-state index contributed by atoms with van der Waals surface area (Å²) in [6.45, 7) is 3.94. The third kappa shape index (κ3) is 2.37. The Morgan fingerprint density at radius 3 is 2.74 bits per heavy atom. The number of aryl methyl sites for hydroxylation is 1. The van der Waals surface area contributed by atoms with E-state index in [2.05, 4.69) is 30.1 Å². The molecule has 19 heavy (non-hydrogen) atoms. The molecule has 1 fully saturated rings. The average molecular weight is 256 g/mol. The number of nitrogens with zero attached hydrogens (tertiary/aromatic N) is 1. The van der Waals surface area contributed by atoms with Crippen LogP contribution in [-0.2, 0) is 6.42 Å². The van der Waals surface area contributed by atoms with Crippen LogP contribution in [0.3, 0.4) is 0 Å². The SMILES string of the molecule is CCc1ccc2cc(C(=O)N3CCCCC3)[nH]c2c1. The number of nitrogens with one attached hydrogen (secondary N) is 1. The molecule has 0 spiro atoms. The molecule has 1 aliphatic rings. The van der Waals surface area contributed by atoms with Crippen LogP contribution in [0.1, 0.15) is 42.2 Å². The molecule has 0 saturated carbocycles. The first-order chi connectivity index (χ1) is 9.28. The van der Waals surface area contributed by atoms with Crippen LogP contribution < -0.4 is 0 Å². The second-order valence-electron chi connectivity index (χ2n) is 5.31. The number of H-pyrrole nitrogens is 1. The molecule has 2 aromatic rings. The summed E-state index contributed by atoms with van der Waals surface area (Å²) in [6, 6.07) is 8.34. The quantitative estimate of drug-likeness (QED) is 0.878. The molecular weight excluding hydrogens is 236 g/mol. The lowest BCUT2D eigenvalue weighted by atomic mass is 10.1. The van der Waals surface area contributed by atoms with E-state index >= 15 is 0 Å². The Bertz CT molecular complexity index is 594. The predicted molar refractivity (Wildman–Crippen MR) is 77.4 cm³/mol. The fraction of sp³-hybridized carbons (Fsp3) is 0.438. The van der Waals surface area contributed by atoms with Crippen molar-refractivity contribution in [1.82, 2.24) is 9.88 Å². The maximum absolute atomic E-state index is 12.4. The van der Waals surface area contributed by atoms with Gasteiger partial charge in [0, 0.05) is 24.0 Å². The average Bonchev–Trinajstić information content (AvgIpc) is 2.90. The Morgan fingerprint density at radius 2 is 2.00 bits per heavy atom. The number of rotatable bonds is 2. The van der Waals surface area contributed by atoms with E-state index in [9.17, 15) is 4.79 Å². The molecule has 1 aromatic carbocycles. The van der Waals surface area contributed by atoms with E-state index in [1.165, 1.54) is 12.0 Å². The molecule has 3 rings (SSSR count). The van der Waals surface area contributed by atoms with Crippen LogP contribution in [0.4, 0.5) is 0 Å². The lowest BCUT2D eigenvalue weighted by Gasteiger charge is -2.26. The van der Waals surface area contributed by atoms with Gasteiger partial charge >= 0.3 is 0 Å². The van der Waals surface area contributed by atoms with Crippen molar-refractivity contribution in [1.29, 1.82) is 0 Å². The van der Waals surface area contributed by atoms with E-state index in [-0.39, 0.29) is 5.91 Å². The summed E-state index contributed by atoms with van der Waals surface area (Å²) in [6.07, 6.45) is 4.53. The number of fused-ring (bicyclic) bond motifs is 1. The van der Waals surface area contributed by atoms with E-state index in [1.807, 2.05) is 11.0 Å². The molecule has 0 bridgehead atoms. The van der Waals surface area contributed by atoms with Crippen molar-refractivity contribution in [2.75, 3.05) is 13.1 Å². The summed E-state index contributed by atoms with van der Waals surface area (Å²) < 4.78 is 0. The van der Waals surface area contributed by atoms with Crippen LogP contribution in [0.15, 0.2) is 24.3 Å². The number of aromatic amines is 1. The molecule has 0 radical (unpaired) electrons. The number of hydrogen-bond acceptors (Lipinski definition) is 1. The van der Waals surface area contributed by atoms with E-state index in [0.29, 0.717) is 0 Å². The van der Waals surface area contributed by atoms with Gasteiger partial charge in [0.05, 0.1) is 0 Å². The fourth-order valence-corrected chi connectivity index (χ4v) is 2.78. The van der Waals surface area contributed by atoms with Gasteiger partial charge in [-0.2, -0.15) is 0 Å². The van der Waals surface area contributed by atoms with Crippen LogP contribution in [0, 0.1) is 0 Å². The number of carbonyl (C=O) groups is 1. The highest BCUT2D eigenvalue weighted by molar-refractivity contribution is 5.98. The highest BCUT2D eigenvalue weighted by atomic mass is 16.2. The molecule has 1 amide bonds. The normalized spacial score (nSPS) is 15.9. The Kier molecular flexibility index (Phi) is 3.28. The van der Waals surface area contributed by atoms with Crippen LogP contribution in [0.5, 0.6) is 0 Å². The van der Waals surface area contributed by atoms with E-state index in [4.69, 9.17) is 0 Å². The molecule has 0 unspecified atom stereocenters. The lowest BCUT2D eigenvalue weighted by molar-refractivity contribution is 0.0719. The number of likely N-dealkylation sites (tertiary alicyclic amines) is 1. The molecular formula is C16H20N2O. The van der Waals surface area contributed by atoms with Crippen LogP contribution in [-0.4, -0.2) is 28.9 Å². The molecule has 1 N–H and O–H groups in total. The van der Waals surface area contributed by atoms with Crippen molar-refractivity contribution >= 4 is 16.8 Å². The molecule has 3 nitrogen and oxygen atoms in total. The number of carbonyl (C=O) groups excluding carboxylic acids is 1. The molecule has 1 aromatic heterocycles. The van der Waals surface area contributed by atoms with Crippen LogP contribution >= 0.6 is 0 Å². The Balaban J connectivity index is 1.89. The molecule has 1 saturated heterocycles. The van der Waals surface area contributed by atoms with Gasteiger partial charge in [-0.15, -0.1) is 0 Å². The van der Waals surface area contributed by atoms with Gasteiger partial charge in [0.2, 0.25) is 0 Å². The zero-order chi connectivity index (χ0) is 13.2. The first-order valence-corrected chi connectivity index (χ1v) is 7.19. The first-order valence-electron chi connectivity index (χ1n) is 7.19. The Morgan fingerprint density at radius 1 is 1.21 bits per heavy atom. The summed E-state index contributed by atoms with van der Waals surface area (Å²) in [5.74, 6) is 0.147. The number of amides is 1. The molecule has 0 atom stereocenters. The van der Waals surface area contributed by atoms with Gasteiger partial charge in [0.25, 0.3) is 5.91 Å². The van der Waals surface area contributed by atoms with E-state index < -0.39 is 0 Å². The standard InChI is InChI=1S/C16H20N2O/c1-2-12-6-7-13-11-15(17-14(13)10-12)16(19)18-8-4-3-5-9-18/h6-7,10-11,17H,2-5,8-9H2,1H3. The van der Waals surface area contributed by atoms with Gasteiger partial charge in [-0.05, 0) is 43.4 Å². The Hall–Kier alpha value is -1.77. The van der Waals surface area contributed by atoms with Crippen molar-refractivity contribution in [3.8, 4) is 0 Å². The van der Waals surface area contributed by atoms with Crippen molar-refractivity contribution in [2.45, 2.75) is 32.6 Å². The van der Waals surface area contributed by atoms with Gasteiger partial charge in [0.1, 0.15) is 5.69 Å². The number of benzene rings is 1. The van der Waals surface area contributed by atoms with Crippen molar-refractivity contribution < 1.29 is 4.79 Å². The fourth-order valence-electron chi connectivity index (χ4n) is 2.78. The highest BCUT2D eigenvalue weighted by Crippen LogP contribution is 2.20. The summed E-state index contributed by atoms with van der Waals surface area (Å²) >= 11 is 0. The third-order valence-corrected chi connectivity index (χ3v) is 3.97. The highest BCUT2D eigenvalue weighted by Gasteiger charge is 2.19. The number of piperidine rings is 1. The monoisotopic (exact) mass is 256 g/mol. The summed E-state index contributed by atoms with van der Waals surface area (Å²) in [5.41, 5.74) is 3.09. The first kappa shape index (κ1) is 12.3. The smallest absolute Gasteiger partial charge is 0.270 e. The van der Waals surface area contributed by atoms with Crippen LogP contribution in [0.25, 0.3) is 10.9 Å². The molecule has 1 aliphatic heterocycles. The Labute approximate surface area is 113 Å². The van der Waals surface area contributed by atoms with Gasteiger partial charge < -0.3 is 9.88 Å². The minimum atomic E-state index is 0.147. The minimum absolute atomic E-state index is 0.147. The molecule has 100 valence electrons. The van der Waals surface area contributed by atoms with Crippen molar-refractivity contribution in [3.05, 3.63) is 35.5 Å². The van der Waals surface area contributed by atoms with Crippen LogP contribution in [0.2, 0.25) is 0 Å². The number of hydrogen-bond donors (Lipinski definition) is 1. The topological polar surface area (TPSA) is 36.1 Å². The van der Waals surface area contributed by atoms with Gasteiger partial charge in [-0.3, -0.25) is 4.79 Å². The van der Waals surface area contributed by atoms with Crippen molar-refractivity contribution in [3.63, 3.8) is 0 Å². The van der Waals surface area contributed by atoms with E-state index in [0.717, 1.165) is 48.9 Å². The minimum Gasteiger partial charge on any atom is -0.351 e. The van der Waals surface area contributed by atoms with E-state index in [1.54, 1.807) is 0 Å². The molecule has 0 aliphatic carbocycles. The van der Waals surface area contributed by atoms with Gasteiger partial charge in [0.15, 0.2) is 0 Å². The van der Waals surface area contributed by atoms with Gasteiger partial charge in [-0.1, -0.05) is 19.1 Å². The zero-order valence-corrected chi connectivity index (χ0v) is 11.4. The maximum Gasteiger partial charge on any atom is 0.270 e. The van der Waals surface area contributed by atoms with Crippen molar-refractivity contribution in [2.24, 2.45) is 0 Å². The number of aromatic nitrogens is 1. The third-order valence-electron chi connectivity index (χ3n) is 3.97. The maximum atomic E-state index is 12.4. The van der Waals surface area contributed by atoms with Gasteiger partial charge in [-0.25, -0.2) is 0 Å². The lowest BCUT2D eigenvalue weighted by Crippen LogP contribution is -2.35. The molecule has 2 heterocycles. The summed E-state index contributed by atoms with van der Waals surface area (Å²) in [4.78, 5) is 17.7. The molecule has 3 heteroatoms. The summed E-state index contributed by atoms with van der Waals surface area (Å²) in [7, 11) is 0. The second-order valence-corrected chi connectivity index (χ2v) is 5.31. The largest absolute Gasteiger partial charge is 0.351 e. The summed E-state index contributed by atoms with van der Waals surface area (Å²) in [5, 5.41) is 1.12. The predicted octanol–water partition coefficient (Wildman–Crippen LogP) is 3.36.